The fourth-order valence-corrected chi connectivity index (χ4v) is 4.00. The molecule has 3 rings (SSSR count). The Bertz CT molecular complexity index is 871. The van der Waals surface area contributed by atoms with Crippen molar-refractivity contribution in [3.8, 4) is 0 Å². The maximum atomic E-state index is 12.6. The summed E-state index contributed by atoms with van der Waals surface area (Å²) in [7, 11) is 0. The second kappa shape index (κ2) is 8.10. The number of aryl methyl sites for hydroxylation is 1. The number of esters is 1. The lowest BCUT2D eigenvalue weighted by Gasteiger charge is -2.21. The molecule has 1 saturated heterocycles. The number of nitro groups is 1. The smallest absolute Gasteiger partial charge is 0.329 e. The van der Waals surface area contributed by atoms with Crippen LogP contribution in [-0.2, 0) is 19.1 Å². The molecular formula is C20H22N2O7. The molecule has 3 atom stereocenters. The van der Waals surface area contributed by atoms with Gasteiger partial charge in [-0.2, -0.15) is 0 Å². The third kappa shape index (κ3) is 3.90. The summed E-state index contributed by atoms with van der Waals surface area (Å²) in [6.07, 6.45) is 3.03. The van der Waals surface area contributed by atoms with Crippen molar-refractivity contribution < 1.29 is 28.8 Å². The summed E-state index contributed by atoms with van der Waals surface area (Å²) in [5.41, 5.74) is 0.248. The lowest BCUT2D eigenvalue weighted by atomic mass is 9.81. The second-order valence-corrected chi connectivity index (χ2v) is 7.51. The van der Waals surface area contributed by atoms with E-state index in [1.54, 1.807) is 6.92 Å². The average Bonchev–Trinajstić information content (AvgIpc) is 2.96. The van der Waals surface area contributed by atoms with Crippen LogP contribution >= 0.6 is 0 Å². The van der Waals surface area contributed by atoms with Gasteiger partial charge in [0.15, 0.2) is 6.61 Å². The van der Waals surface area contributed by atoms with E-state index in [4.69, 9.17) is 4.74 Å². The number of imide groups is 1. The number of carbonyl (C=O) groups excluding carboxylic acids is 4. The first kappa shape index (κ1) is 20.6. The van der Waals surface area contributed by atoms with E-state index < -0.39 is 29.3 Å². The van der Waals surface area contributed by atoms with Gasteiger partial charge in [0.1, 0.15) is 6.04 Å². The zero-order chi connectivity index (χ0) is 21.3. The van der Waals surface area contributed by atoms with Crippen molar-refractivity contribution >= 4 is 29.3 Å². The maximum absolute atomic E-state index is 12.6. The minimum atomic E-state index is -1.12. The van der Waals surface area contributed by atoms with E-state index in [1.807, 2.05) is 0 Å². The van der Waals surface area contributed by atoms with Gasteiger partial charge in [-0.05, 0) is 26.7 Å². The Morgan fingerprint density at radius 2 is 1.79 bits per heavy atom. The van der Waals surface area contributed by atoms with Crippen LogP contribution in [0.5, 0.6) is 0 Å². The van der Waals surface area contributed by atoms with Gasteiger partial charge in [0.25, 0.3) is 5.69 Å². The van der Waals surface area contributed by atoms with Crippen molar-refractivity contribution in [3.63, 3.8) is 0 Å². The van der Waals surface area contributed by atoms with Crippen LogP contribution < -0.4 is 0 Å². The molecule has 1 aromatic rings. The second-order valence-electron chi connectivity index (χ2n) is 7.51. The molecule has 1 aliphatic heterocycles. The molecule has 0 N–H and O–H groups in total. The Morgan fingerprint density at radius 1 is 1.21 bits per heavy atom. The molecule has 2 aliphatic rings. The zero-order valence-corrected chi connectivity index (χ0v) is 16.3. The van der Waals surface area contributed by atoms with Gasteiger partial charge in [-0.1, -0.05) is 25.0 Å². The van der Waals surface area contributed by atoms with Crippen LogP contribution in [0.1, 0.15) is 48.5 Å². The Hall–Kier alpha value is -3.10. The number of amides is 2. The molecule has 0 spiro atoms. The quantitative estimate of drug-likeness (QED) is 0.235. The molecule has 0 aromatic heterocycles. The molecular weight excluding hydrogens is 380 g/mol. The summed E-state index contributed by atoms with van der Waals surface area (Å²) in [6, 6.07) is 2.87. The molecule has 0 bridgehead atoms. The summed E-state index contributed by atoms with van der Waals surface area (Å²) in [5.74, 6) is -2.93. The Labute approximate surface area is 167 Å². The van der Waals surface area contributed by atoms with Crippen molar-refractivity contribution in [3.05, 3.63) is 39.4 Å². The summed E-state index contributed by atoms with van der Waals surface area (Å²) in [4.78, 5) is 61.1. The van der Waals surface area contributed by atoms with Crippen molar-refractivity contribution in [2.45, 2.75) is 45.6 Å². The van der Waals surface area contributed by atoms with Crippen molar-refractivity contribution in [2.24, 2.45) is 11.8 Å². The third-order valence-corrected chi connectivity index (χ3v) is 5.68. The summed E-state index contributed by atoms with van der Waals surface area (Å²) in [5, 5.41) is 11.0. The number of likely N-dealkylation sites (tertiary alicyclic amines) is 1. The standard InChI is InChI=1S/C20H22N2O7/c1-11-7-8-13(9-16(11)22(27)28)17(23)10-29-20(26)12(2)21-18(24)14-5-3-4-6-15(14)19(21)25/h7-9,12,14-15H,3-6,10H2,1-2H3/t12-,14-,15-/m0/s1. The van der Waals surface area contributed by atoms with Crippen LogP contribution in [0.25, 0.3) is 0 Å². The highest BCUT2D eigenvalue weighted by Crippen LogP contribution is 2.38. The number of hydrogen-bond donors (Lipinski definition) is 0. The van der Waals surface area contributed by atoms with E-state index in [9.17, 15) is 29.3 Å². The van der Waals surface area contributed by atoms with Crippen LogP contribution in [0.3, 0.4) is 0 Å². The molecule has 29 heavy (non-hydrogen) atoms. The highest BCUT2D eigenvalue weighted by Gasteiger charge is 2.51. The zero-order valence-electron chi connectivity index (χ0n) is 16.3. The van der Waals surface area contributed by atoms with E-state index in [0.29, 0.717) is 18.4 Å². The number of carbonyl (C=O) groups is 4. The van der Waals surface area contributed by atoms with Gasteiger partial charge >= 0.3 is 5.97 Å². The van der Waals surface area contributed by atoms with Crippen molar-refractivity contribution in [1.82, 2.24) is 4.90 Å². The molecule has 9 heteroatoms. The van der Waals surface area contributed by atoms with Crippen LogP contribution in [0, 0.1) is 28.9 Å². The number of benzene rings is 1. The highest BCUT2D eigenvalue weighted by atomic mass is 16.6. The molecule has 154 valence electrons. The van der Waals surface area contributed by atoms with Gasteiger partial charge < -0.3 is 4.74 Å². The number of fused-ring (bicyclic) bond motifs is 1. The van der Waals surface area contributed by atoms with Gasteiger partial charge in [-0.15, -0.1) is 0 Å². The number of rotatable bonds is 6. The predicted molar refractivity (Wildman–Crippen MR) is 99.9 cm³/mol. The normalized spacial score (nSPS) is 22.2. The van der Waals surface area contributed by atoms with Gasteiger partial charge in [0, 0.05) is 17.2 Å². The van der Waals surface area contributed by atoms with Gasteiger partial charge in [0.2, 0.25) is 17.6 Å². The lowest BCUT2D eigenvalue weighted by Crippen LogP contribution is -2.44. The van der Waals surface area contributed by atoms with Gasteiger partial charge in [-0.3, -0.25) is 29.4 Å². The fourth-order valence-electron chi connectivity index (χ4n) is 4.00. The van der Waals surface area contributed by atoms with Crippen LogP contribution in [0.15, 0.2) is 18.2 Å². The average molecular weight is 402 g/mol. The Balaban J connectivity index is 1.64. The summed E-state index contributed by atoms with van der Waals surface area (Å²) in [6.45, 7) is 2.32. The largest absolute Gasteiger partial charge is 0.456 e. The third-order valence-electron chi connectivity index (χ3n) is 5.68. The van der Waals surface area contributed by atoms with Crippen LogP contribution in [0.2, 0.25) is 0 Å². The van der Waals surface area contributed by atoms with E-state index in [0.717, 1.165) is 23.8 Å². The molecule has 1 aromatic carbocycles. The van der Waals surface area contributed by atoms with Crippen LogP contribution in [-0.4, -0.2) is 46.0 Å². The molecule has 1 saturated carbocycles. The fraction of sp³-hybridized carbons (Fsp3) is 0.500. The maximum Gasteiger partial charge on any atom is 0.329 e. The lowest BCUT2D eigenvalue weighted by molar-refractivity contribution is -0.385. The molecule has 2 fully saturated rings. The predicted octanol–water partition coefficient (Wildman–Crippen LogP) is 2.19. The van der Waals surface area contributed by atoms with Crippen LogP contribution in [0.4, 0.5) is 5.69 Å². The number of ketones is 1. The number of nitro benzene ring substituents is 1. The number of nitrogens with zero attached hydrogens (tertiary/aromatic N) is 2. The molecule has 9 nitrogen and oxygen atoms in total. The van der Waals surface area contributed by atoms with E-state index >= 15 is 0 Å². The number of hydrogen-bond acceptors (Lipinski definition) is 7. The summed E-state index contributed by atoms with van der Waals surface area (Å²) >= 11 is 0. The molecule has 0 unspecified atom stereocenters. The highest BCUT2D eigenvalue weighted by molar-refractivity contribution is 6.08. The molecule has 0 radical (unpaired) electrons. The first-order valence-corrected chi connectivity index (χ1v) is 9.54. The first-order valence-electron chi connectivity index (χ1n) is 9.54. The monoisotopic (exact) mass is 402 g/mol. The number of ether oxygens (including phenoxy) is 1. The van der Waals surface area contributed by atoms with Crippen molar-refractivity contribution in [2.75, 3.05) is 6.61 Å². The summed E-state index contributed by atoms with van der Waals surface area (Å²) < 4.78 is 5.01. The Morgan fingerprint density at radius 3 is 2.34 bits per heavy atom. The molecule has 2 amide bonds. The first-order chi connectivity index (χ1) is 13.7. The van der Waals surface area contributed by atoms with E-state index in [1.165, 1.54) is 19.1 Å². The van der Waals surface area contributed by atoms with Crippen molar-refractivity contribution in [1.29, 1.82) is 0 Å². The minimum Gasteiger partial charge on any atom is -0.456 e. The Kier molecular flexibility index (Phi) is 5.76. The van der Waals surface area contributed by atoms with Gasteiger partial charge in [0.05, 0.1) is 16.8 Å². The SMILES string of the molecule is Cc1ccc(C(=O)COC(=O)[C@H](C)N2C(=O)[C@H]3CCCC[C@@H]3C2=O)cc1[N+](=O)[O-]. The molecule has 1 heterocycles. The topological polar surface area (TPSA) is 124 Å². The minimum absolute atomic E-state index is 0.0436. The van der Waals surface area contributed by atoms with Gasteiger partial charge in [-0.25, -0.2) is 4.79 Å². The number of Topliss-reactive ketones (excluding diaryl/α,β-unsaturated/α-hetero) is 1. The van der Waals surface area contributed by atoms with E-state index in [-0.39, 0.29) is 34.9 Å². The molecule has 1 aliphatic carbocycles. The van der Waals surface area contributed by atoms with E-state index in [2.05, 4.69) is 0 Å².